The van der Waals surface area contributed by atoms with E-state index in [9.17, 15) is 9.90 Å². The van der Waals surface area contributed by atoms with Crippen LogP contribution in [0.3, 0.4) is 0 Å². The largest absolute Gasteiger partial charge is 0.425 e. The Labute approximate surface area is 160 Å². The number of allylic oxidation sites excluding steroid dienone is 3. The van der Waals surface area contributed by atoms with Crippen LogP contribution in [0.2, 0.25) is 0 Å². The monoisotopic (exact) mass is 362 g/mol. The van der Waals surface area contributed by atoms with E-state index >= 15 is 0 Å². The molecule has 1 N–H and O–H groups in total. The van der Waals surface area contributed by atoms with Crippen molar-refractivity contribution in [3.63, 3.8) is 0 Å². The highest BCUT2D eigenvalue weighted by Gasteiger charge is 2.32. The Hall–Kier alpha value is -1.35. The number of ether oxygens (including phenoxy) is 1. The Bertz CT molecular complexity index is 462. The van der Waals surface area contributed by atoms with E-state index < -0.39 is 12.1 Å². The van der Waals surface area contributed by atoms with Crippen LogP contribution in [0.1, 0.15) is 96.8 Å². The van der Waals surface area contributed by atoms with Crippen LogP contribution < -0.4 is 0 Å². The minimum absolute atomic E-state index is 0.147. The maximum Gasteiger partial charge on any atom is 0.341 e. The normalized spacial score (nSPS) is 19.0. The SMILES string of the molecule is C=C1OC(=O)/C(=C/CCCCCCCCCCC/C=C\CCCC)C1O. The average Bonchev–Trinajstić information content (AvgIpc) is 2.87. The van der Waals surface area contributed by atoms with Crippen LogP contribution in [0.15, 0.2) is 36.1 Å². The zero-order valence-corrected chi connectivity index (χ0v) is 16.7. The molecule has 0 radical (unpaired) electrons. The van der Waals surface area contributed by atoms with Gasteiger partial charge in [0.2, 0.25) is 0 Å². The lowest BCUT2D eigenvalue weighted by Gasteiger charge is -2.02. The van der Waals surface area contributed by atoms with Crippen LogP contribution in [-0.2, 0) is 9.53 Å². The quantitative estimate of drug-likeness (QED) is 0.159. The highest BCUT2D eigenvalue weighted by Crippen LogP contribution is 2.23. The van der Waals surface area contributed by atoms with E-state index in [2.05, 4.69) is 25.7 Å². The molecule has 0 spiro atoms. The van der Waals surface area contributed by atoms with Crippen LogP contribution >= 0.6 is 0 Å². The Kier molecular flexibility index (Phi) is 12.9. The van der Waals surface area contributed by atoms with Crippen LogP contribution in [0.5, 0.6) is 0 Å². The molecule has 0 bridgehead atoms. The molecule has 3 heteroatoms. The van der Waals surface area contributed by atoms with E-state index in [1.54, 1.807) is 0 Å². The summed E-state index contributed by atoms with van der Waals surface area (Å²) in [7, 11) is 0. The van der Waals surface area contributed by atoms with Crippen LogP contribution in [0.25, 0.3) is 0 Å². The second-order valence-corrected chi connectivity index (χ2v) is 7.29. The first kappa shape index (κ1) is 22.7. The summed E-state index contributed by atoms with van der Waals surface area (Å²) in [4.78, 5) is 11.5. The highest BCUT2D eigenvalue weighted by atomic mass is 16.6. The fourth-order valence-electron chi connectivity index (χ4n) is 3.17. The predicted octanol–water partition coefficient (Wildman–Crippen LogP) is 6.38. The maximum atomic E-state index is 11.5. The van der Waals surface area contributed by atoms with Crippen molar-refractivity contribution in [1.29, 1.82) is 0 Å². The van der Waals surface area contributed by atoms with Gasteiger partial charge in [-0.3, -0.25) is 0 Å². The first-order chi connectivity index (χ1) is 12.7. The number of hydrogen-bond donors (Lipinski definition) is 1. The fraction of sp³-hybridized carbons (Fsp3) is 0.696. The number of aliphatic hydroxyl groups excluding tert-OH is 1. The van der Waals surface area contributed by atoms with E-state index in [1.807, 2.05) is 6.08 Å². The number of cyclic esters (lactones) is 1. The van der Waals surface area contributed by atoms with Gasteiger partial charge in [0.05, 0.1) is 5.57 Å². The Balaban J connectivity index is 1.86. The van der Waals surface area contributed by atoms with Gasteiger partial charge in [-0.15, -0.1) is 0 Å². The zero-order valence-electron chi connectivity index (χ0n) is 16.7. The molecule has 0 aromatic heterocycles. The number of aliphatic hydroxyl groups is 1. The molecule has 1 unspecified atom stereocenters. The van der Waals surface area contributed by atoms with Gasteiger partial charge in [-0.25, -0.2) is 4.79 Å². The van der Waals surface area contributed by atoms with Crippen LogP contribution in [0, 0.1) is 0 Å². The van der Waals surface area contributed by atoms with Gasteiger partial charge in [0.25, 0.3) is 0 Å². The van der Waals surface area contributed by atoms with Crippen molar-refractivity contribution < 1.29 is 14.6 Å². The van der Waals surface area contributed by atoms with E-state index in [1.165, 1.54) is 77.0 Å². The molecule has 0 aliphatic carbocycles. The lowest BCUT2D eigenvalue weighted by atomic mass is 10.0. The molecule has 0 aromatic rings. The molecule has 0 saturated carbocycles. The summed E-state index contributed by atoms with van der Waals surface area (Å²) >= 11 is 0. The summed E-state index contributed by atoms with van der Waals surface area (Å²) < 4.78 is 4.81. The molecule has 1 rings (SSSR count). The van der Waals surface area contributed by atoms with Gasteiger partial charge >= 0.3 is 5.97 Å². The summed E-state index contributed by atoms with van der Waals surface area (Å²) in [6, 6.07) is 0. The lowest BCUT2D eigenvalue weighted by Crippen LogP contribution is -2.07. The number of unbranched alkanes of at least 4 members (excludes halogenated alkanes) is 12. The van der Waals surface area contributed by atoms with E-state index in [0.29, 0.717) is 5.57 Å². The number of rotatable bonds is 15. The Morgan fingerprint density at radius 3 is 1.88 bits per heavy atom. The van der Waals surface area contributed by atoms with E-state index in [4.69, 9.17) is 4.74 Å². The summed E-state index contributed by atoms with van der Waals surface area (Å²) in [6.07, 6.45) is 23.0. The molecule has 1 saturated heterocycles. The standard InChI is InChI=1S/C23H38O3/c1-3-4-5-6-7-8-9-10-11-12-13-14-15-16-17-18-19-21-22(24)20(2)26-23(21)25/h6-7,19,22,24H,2-5,8-18H2,1H3/b7-6-,21-19+. The molecule has 1 heterocycles. The van der Waals surface area contributed by atoms with Gasteiger partial charge in [-0.2, -0.15) is 0 Å². The average molecular weight is 363 g/mol. The van der Waals surface area contributed by atoms with Gasteiger partial charge in [0, 0.05) is 0 Å². The van der Waals surface area contributed by atoms with Crippen LogP contribution in [-0.4, -0.2) is 17.2 Å². The topological polar surface area (TPSA) is 46.5 Å². The van der Waals surface area contributed by atoms with Crippen molar-refractivity contribution in [3.8, 4) is 0 Å². The fourth-order valence-corrected chi connectivity index (χ4v) is 3.17. The molecule has 1 aliphatic heterocycles. The first-order valence-corrected chi connectivity index (χ1v) is 10.6. The molecular formula is C23H38O3. The third-order valence-corrected chi connectivity index (χ3v) is 4.89. The molecule has 148 valence electrons. The van der Waals surface area contributed by atoms with Gasteiger partial charge in [0.15, 0.2) is 0 Å². The number of carbonyl (C=O) groups is 1. The molecule has 1 aliphatic rings. The number of carbonyl (C=O) groups excluding carboxylic acids is 1. The van der Waals surface area contributed by atoms with Crippen molar-refractivity contribution in [2.75, 3.05) is 0 Å². The van der Waals surface area contributed by atoms with Gasteiger partial charge in [-0.1, -0.05) is 89.5 Å². The summed E-state index contributed by atoms with van der Waals surface area (Å²) in [5.41, 5.74) is 0.357. The summed E-state index contributed by atoms with van der Waals surface area (Å²) in [5, 5.41) is 9.74. The first-order valence-electron chi connectivity index (χ1n) is 10.6. The summed E-state index contributed by atoms with van der Waals surface area (Å²) in [6.45, 7) is 5.76. The molecule has 26 heavy (non-hydrogen) atoms. The van der Waals surface area contributed by atoms with Crippen molar-refractivity contribution in [3.05, 3.63) is 36.1 Å². The van der Waals surface area contributed by atoms with Crippen molar-refractivity contribution in [2.45, 2.75) is 103 Å². The number of esters is 1. The minimum Gasteiger partial charge on any atom is -0.425 e. The molecule has 1 fully saturated rings. The van der Waals surface area contributed by atoms with Crippen molar-refractivity contribution in [2.24, 2.45) is 0 Å². The van der Waals surface area contributed by atoms with E-state index in [0.717, 1.165) is 12.8 Å². The van der Waals surface area contributed by atoms with E-state index in [-0.39, 0.29) is 5.76 Å². The zero-order chi connectivity index (χ0) is 19.0. The molecule has 3 nitrogen and oxygen atoms in total. The lowest BCUT2D eigenvalue weighted by molar-refractivity contribution is -0.132. The predicted molar refractivity (Wildman–Crippen MR) is 109 cm³/mol. The van der Waals surface area contributed by atoms with Crippen LogP contribution in [0.4, 0.5) is 0 Å². The maximum absolute atomic E-state index is 11.5. The highest BCUT2D eigenvalue weighted by molar-refractivity contribution is 5.93. The third-order valence-electron chi connectivity index (χ3n) is 4.89. The Morgan fingerprint density at radius 1 is 0.885 bits per heavy atom. The molecular weight excluding hydrogens is 324 g/mol. The van der Waals surface area contributed by atoms with Gasteiger partial charge in [-0.05, 0) is 32.1 Å². The molecule has 0 aromatic carbocycles. The second kappa shape index (κ2) is 14.8. The minimum atomic E-state index is -0.936. The van der Waals surface area contributed by atoms with Gasteiger partial charge in [0.1, 0.15) is 11.9 Å². The summed E-state index contributed by atoms with van der Waals surface area (Å²) in [5.74, 6) is -0.298. The number of hydrogen-bond acceptors (Lipinski definition) is 3. The van der Waals surface area contributed by atoms with Gasteiger partial charge < -0.3 is 9.84 Å². The molecule has 1 atom stereocenters. The van der Waals surface area contributed by atoms with Crippen molar-refractivity contribution in [1.82, 2.24) is 0 Å². The third kappa shape index (κ3) is 9.96. The second-order valence-electron chi connectivity index (χ2n) is 7.29. The van der Waals surface area contributed by atoms with Crippen molar-refractivity contribution >= 4 is 5.97 Å². The molecule has 0 amide bonds. The smallest absolute Gasteiger partial charge is 0.341 e. The Morgan fingerprint density at radius 2 is 1.38 bits per heavy atom.